The molecule has 6 heteroatoms. The van der Waals surface area contributed by atoms with Gasteiger partial charge in [-0.2, -0.15) is 8.42 Å². The van der Waals surface area contributed by atoms with Gasteiger partial charge in [-0.05, 0) is 12.1 Å². The van der Waals surface area contributed by atoms with Crippen molar-refractivity contribution >= 4 is 21.5 Å². The van der Waals surface area contributed by atoms with Gasteiger partial charge >= 0.3 is 0 Å². The fourth-order valence-corrected chi connectivity index (χ4v) is 2.79. The molecule has 0 unspecified atom stereocenters. The monoisotopic (exact) mass is 256 g/mol. The fraction of sp³-hybridized carbons (Fsp3) is 0.364. The quantitative estimate of drug-likeness (QED) is 0.775. The second-order valence-electron chi connectivity index (χ2n) is 4.90. The summed E-state index contributed by atoms with van der Waals surface area (Å²) in [4.78, 5) is -0.120. The second-order valence-corrected chi connectivity index (χ2v) is 6.48. The van der Waals surface area contributed by atoms with E-state index < -0.39 is 21.3 Å². The van der Waals surface area contributed by atoms with Crippen LogP contribution >= 0.6 is 0 Å². The minimum atomic E-state index is -3.81. The summed E-state index contributed by atoms with van der Waals surface area (Å²) < 4.78 is 41.0. The molecule has 0 spiro atoms. The Labute approximate surface area is 99.6 Å². The number of para-hydroxylation sites is 1. The Morgan fingerprint density at radius 2 is 1.94 bits per heavy atom. The number of rotatable bonds is 0. The molecule has 0 saturated carbocycles. The summed E-state index contributed by atoms with van der Waals surface area (Å²) in [5, 5.41) is 2.76. The van der Waals surface area contributed by atoms with E-state index in [0.29, 0.717) is 0 Å². The molecule has 0 aliphatic carbocycles. The molecule has 92 valence electrons. The molecule has 1 aromatic rings. The average molecular weight is 256 g/mol. The average Bonchev–Trinajstić information content (AvgIpc) is 2.17. The number of amidine groups is 1. The van der Waals surface area contributed by atoms with Gasteiger partial charge in [-0.3, -0.25) is 0 Å². The van der Waals surface area contributed by atoms with Crippen LogP contribution < -0.4 is 5.32 Å². The third-order valence-corrected chi connectivity index (χ3v) is 3.74. The number of anilines is 1. The summed E-state index contributed by atoms with van der Waals surface area (Å²) in [5.41, 5.74) is -0.514. The highest BCUT2D eigenvalue weighted by atomic mass is 32.2. The molecule has 0 radical (unpaired) electrons. The third kappa shape index (κ3) is 2.04. The maximum absolute atomic E-state index is 13.6. The highest BCUT2D eigenvalue weighted by Crippen LogP contribution is 2.33. The predicted molar refractivity (Wildman–Crippen MR) is 64.1 cm³/mol. The van der Waals surface area contributed by atoms with Crippen LogP contribution in [-0.2, 0) is 10.0 Å². The fourth-order valence-electron chi connectivity index (χ4n) is 1.48. The van der Waals surface area contributed by atoms with E-state index in [0.717, 1.165) is 0 Å². The molecule has 1 N–H and O–H groups in total. The number of fused-ring (bicyclic) bond motifs is 1. The summed E-state index contributed by atoms with van der Waals surface area (Å²) in [5.74, 6) is -0.349. The van der Waals surface area contributed by atoms with E-state index in [9.17, 15) is 12.8 Å². The van der Waals surface area contributed by atoms with E-state index in [-0.39, 0.29) is 16.4 Å². The molecule has 2 rings (SSSR count). The van der Waals surface area contributed by atoms with E-state index in [1.165, 1.54) is 18.2 Å². The molecular weight excluding hydrogens is 243 g/mol. The van der Waals surface area contributed by atoms with Crippen molar-refractivity contribution in [2.45, 2.75) is 25.7 Å². The Morgan fingerprint density at radius 3 is 2.53 bits per heavy atom. The van der Waals surface area contributed by atoms with Crippen molar-refractivity contribution in [2.75, 3.05) is 5.32 Å². The van der Waals surface area contributed by atoms with Crippen LogP contribution in [0.1, 0.15) is 20.8 Å². The van der Waals surface area contributed by atoms with Gasteiger partial charge in [0.2, 0.25) is 0 Å². The summed E-state index contributed by atoms with van der Waals surface area (Å²) in [6, 6.07) is 3.90. The molecule has 0 aromatic heterocycles. The van der Waals surface area contributed by atoms with Gasteiger partial charge in [0.1, 0.15) is 16.5 Å². The molecule has 4 nitrogen and oxygen atoms in total. The van der Waals surface area contributed by atoms with Crippen molar-refractivity contribution in [1.29, 1.82) is 0 Å². The molecule has 17 heavy (non-hydrogen) atoms. The molecule has 1 heterocycles. The largest absolute Gasteiger partial charge is 0.339 e. The predicted octanol–water partition coefficient (Wildman–Crippen LogP) is 2.38. The van der Waals surface area contributed by atoms with Crippen LogP contribution in [0.4, 0.5) is 10.1 Å². The normalized spacial score (nSPS) is 18.0. The lowest BCUT2D eigenvalue weighted by Crippen LogP contribution is -2.33. The van der Waals surface area contributed by atoms with E-state index >= 15 is 0 Å². The van der Waals surface area contributed by atoms with Crippen molar-refractivity contribution in [2.24, 2.45) is 9.81 Å². The number of nitrogens with one attached hydrogen (secondary N) is 1. The zero-order valence-electron chi connectivity index (χ0n) is 9.78. The van der Waals surface area contributed by atoms with Crippen molar-refractivity contribution in [3.63, 3.8) is 0 Å². The number of halogens is 1. The van der Waals surface area contributed by atoms with Crippen LogP contribution in [0, 0.1) is 11.2 Å². The van der Waals surface area contributed by atoms with E-state index in [4.69, 9.17) is 0 Å². The first-order valence-electron chi connectivity index (χ1n) is 5.13. The van der Waals surface area contributed by atoms with Gasteiger partial charge in [-0.1, -0.05) is 26.8 Å². The van der Waals surface area contributed by atoms with Gasteiger partial charge < -0.3 is 5.32 Å². The number of hydrogen-bond donors (Lipinski definition) is 1. The smallest absolute Gasteiger partial charge is 0.286 e. The van der Waals surface area contributed by atoms with Crippen molar-refractivity contribution < 1.29 is 12.8 Å². The Balaban J connectivity index is 2.67. The molecule has 0 atom stereocenters. The van der Waals surface area contributed by atoms with Crippen molar-refractivity contribution in [1.82, 2.24) is 0 Å². The second kappa shape index (κ2) is 3.53. The molecular formula is C11H13FN2O2S. The van der Waals surface area contributed by atoms with Gasteiger partial charge in [0.05, 0.1) is 5.69 Å². The van der Waals surface area contributed by atoms with E-state index in [1.54, 1.807) is 20.8 Å². The van der Waals surface area contributed by atoms with Gasteiger partial charge in [-0.25, -0.2) is 4.39 Å². The molecule has 0 saturated heterocycles. The lowest BCUT2D eigenvalue weighted by atomic mass is 9.95. The Bertz CT molecular complexity index is 600. The number of benzene rings is 1. The number of sulfonamides is 1. The van der Waals surface area contributed by atoms with Gasteiger partial charge in [0.25, 0.3) is 10.0 Å². The zero-order valence-corrected chi connectivity index (χ0v) is 10.6. The molecule has 1 aliphatic heterocycles. The molecule has 0 fully saturated rings. The van der Waals surface area contributed by atoms with Crippen LogP contribution in [0.3, 0.4) is 0 Å². The van der Waals surface area contributed by atoms with Crippen LogP contribution in [0.25, 0.3) is 0 Å². The minimum absolute atomic E-state index is 0.0209. The summed E-state index contributed by atoms with van der Waals surface area (Å²) >= 11 is 0. The summed E-state index contributed by atoms with van der Waals surface area (Å²) in [6.07, 6.45) is 0. The summed E-state index contributed by atoms with van der Waals surface area (Å²) in [7, 11) is -3.81. The first-order valence-corrected chi connectivity index (χ1v) is 6.57. The Morgan fingerprint density at radius 1 is 1.29 bits per heavy atom. The molecule has 0 amide bonds. The van der Waals surface area contributed by atoms with Crippen LogP contribution in [0.2, 0.25) is 0 Å². The molecule has 0 bridgehead atoms. The zero-order chi connectivity index (χ0) is 12.8. The Kier molecular flexibility index (Phi) is 2.50. The van der Waals surface area contributed by atoms with Crippen molar-refractivity contribution in [3.8, 4) is 0 Å². The van der Waals surface area contributed by atoms with Gasteiger partial charge in [0.15, 0.2) is 0 Å². The standard InChI is InChI=1S/C11H13FN2O2S/c1-11(2,3)10-13-9-7(12)5-4-6-8(9)17(15,16)14-10/h4-6H,1-3H3,(H,13,14). The molecule has 1 aliphatic rings. The lowest BCUT2D eigenvalue weighted by Gasteiger charge is -2.26. The van der Waals surface area contributed by atoms with Gasteiger partial charge in [-0.15, -0.1) is 4.40 Å². The number of hydrogen-bond acceptors (Lipinski definition) is 3. The highest BCUT2D eigenvalue weighted by Gasteiger charge is 2.31. The lowest BCUT2D eigenvalue weighted by molar-refractivity contribution is 0.573. The Hall–Kier alpha value is -1.43. The maximum atomic E-state index is 13.6. The van der Waals surface area contributed by atoms with Crippen molar-refractivity contribution in [3.05, 3.63) is 24.0 Å². The SMILES string of the molecule is CC(C)(C)C1=NS(=O)(=O)c2cccc(F)c2N1. The van der Waals surface area contributed by atoms with E-state index in [1.807, 2.05) is 0 Å². The minimum Gasteiger partial charge on any atom is -0.339 e. The van der Waals surface area contributed by atoms with Crippen LogP contribution in [-0.4, -0.2) is 14.3 Å². The summed E-state index contributed by atoms with van der Waals surface area (Å²) in [6.45, 7) is 5.42. The maximum Gasteiger partial charge on any atom is 0.286 e. The van der Waals surface area contributed by atoms with Crippen LogP contribution in [0.5, 0.6) is 0 Å². The topological polar surface area (TPSA) is 58.5 Å². The van der Waals surface area contributed by atoms with Crippen LogP contribution in [0.15, 0.2) is 27.5 Å². The van der Waals surface area contributed by atoms with Gasteiger partial charge in [0, 0.05) is 5.41 Å². The highest BCUT2D eigenvalue weighted by molar-refractivity contribution is 7.90. The third-order valence-electron chi connectivity index (χ3n) is 2.42. The first kappa shape index (κ1) is 12.0. The first-order chi connectivity index (χ1) is 7.72. The number of nitrogens with zero attached hydrogens (tertiary/aromatic N) is 1. The molecule has 1 aromatic carbocycles. The van der Waals surface area contributed by atoms with E-state index in [2.05, 4.69) is 9.71 Å².